The predicted molar refractivity (Wildman–Crippen MR) is 102 cm³/mol. The number of aromatic nitrogens is 1. The summed E-state index contributed by atoms with van der Waals surface area (Å²) in [7, 11) is 3.41. The number of benzene rings is 2. The van der Waals surface area contributed by atoms with Crippen LogP contribution in [0.1, 0.15) is 0 Å². The minimum absolute atomic E-state index is 0.147. The number of hydrogen-bond donors (Lipinski definition) is 2. The standard InChI is InChI=1S/C19H19N3O4/c1-21(14-7-9-15(26-2)10-8-14)11-13(20-25)12-22-18(23)16-5-3-4-6-17(16)19(22)24/h3-10,12,23-24H,11H2,1-2H3. The molecule has 0 unspecified atom stereocenters. The van der Waals surface area contributed by atoms with E-state index in [1.807, 2.05) is 36.2 Å². The van der Waals surface area contributed by atoms with Crippen LogP contribution in [0.3, 0.4) is 0 Å². The number of rotatable bonds is 6. The van der Waals surface area contributed by atoms with Gasteiger partial charge in [0.25, 0.3) is 0 Å². The monoisotopic (exact) mass is 353 g/mol. The fraction of sp³-hybridized carbons (Fsp3) is 0.158. The lowest BCUT2D eigenvalue weighted by atomic mass is 10.2. The number of methoxy groups -OCH3 is 1. The molecule has 1 heterocycles. The maximum Gasteiger partial charge on any atom is 0.206 e. The van der Waals surface area contributed by atoms with E-state index in [2.05, 4.69) is 5.18 Å². The largest absolute Gasteiger partial charge is 0.497 e. The second-order valence-electron chi connectivity index (χ2n) is 5.83. The van der Waals surface area contributed by atoms with Crippen LogP contribution in [0.15, 0.2) is 59.4 Å². The molecule has 0 atom stereocenters. The first-order valence-corrected chi connectivity index (χ1v) is 7.95. The molecule has 0 aliphatic heterocycles. The number of nitroso groups, excluding NO2 is 1. The topological polar surface area (TPSA) is 87.3 Å². The summed E-state index contributed by atoms with van der Waals surface area (Å²) in [6.45, 7) is 0.198. The van der Waals surface area contributed by atoms with Crippen molar-refractivity contribution in [3.8, 4) is 17.5 Å². The highest BCUT2D eigenvalue weighted by Gasteiger charge is 2.15. The minimum atomic E-state index is -0.147. The van der Waals surface area contributed by atoms with Crippen molar-refractivity contribution in [2.75, 3.05) is 25.6 Å². The third kappa shape index (κ3) is 3.19. The fourth-order valence-electron chi connectivity index (χ4n) is 2.77. The van der Waals surface area contributed by atoms with E-state index in [0.29, 0.717) is 10.8 Å². The molecule has 2 aromatic carbocycles. The Balaban J connectivity index is 1.90. The number of fused-ring (bicyclic) bond motifs is 1. The Labute approximate surface area is 150 Å². The minimum Gasteiger partial charge on any atom is -0.497 e. The van der Waals surface area contributed by atoms with E-state index in [1.165, 1.54) is 6.20 Å². The predicted octanol–water partition coefficient (Wildman–Crippen LogP) is 3.76. The zero-order valence-corrected chi connectivity index (χ0v) is 14.5. The molecule has 3 aromatic rings. The van der Waals surface area contributed by atoms with Gasteiger partial charge in [-0.3, -0.25) is 4.57 Å². The van der Waals surface area contributed by atoms with Gasteiger partial charge in [-0.05, 0) is 41.6 Å². The van der Waals surface area contributed by atoms with Gasteiger partial charge in [0, 0.05) is 29.7 Å². The van der Waals surface area contributed by atoms with Crippen LogP contribution >= 0.6 is 0 Å². The van der Waals surface area contributed by atoms with Crippen molar-refractivity contribution < 1.29 is 14.9 Å². The lowest BCUT2D eigenvalue weighted by Gasteiger charge is -2.19. The third-order valence-electron chi connectivity index (χ3n) is 4.17. The van der Waals surface area contributed by atoms with Gasteiger partial charge in [0.15, 0.2) is 0 Å². The van der Waals surface area contributed by atoms with Gasteiger partial charge in [0.2, 0.25) is 11.8 Å². The van der Waals surface area contributed by atoms with Crippen LogP contribution in [-0.2, 0) is 0 Å². The van der Waals surface area contributed by atoms with Crippen molar-refractivity contribution in [2.45, 2.75) is 0 Å². The van der Waals surface area contributed by atoms with E-state index >= 15 is 0 Å². The second-order valence-corrected chi connectivity index (χ2v) is 5.83. The molecule has 1 aromatic heterocycles. The van der Waals surface area contributed by atoms with E-state index in [9.17, 15) is 15.1 Å². The first-order chi connectivity index (χ1) is 12.5. The number of ether oxygens (including phenoxy) is 1. The van der Waals surface area contributed by atoms with Crippen LogP contribution in [0.25, 0.3) is 17.0 Å². The summed E-state index contributed by atoms with van der Waals surface area (Å²) in [5.41, 5.74) is 1.01. The van der Waals surface area contributed by atoms with E-state index < -0.39 is 0 Å². The summed E-state index contributed by atoms with van der Waals surface area (Å²) >= 11 is 0. The highest BCUT2D eigenvalue weighted by Crippen LogP contribution is 2.36. The van der Waals surface area contributed by atoms with Crippen LogP contribution in [0.4, 0.5) is 5.69 Å². The highest BCUT2D eigenvalue weighted by atomic mass is 16.5. The van der Waals surface area contributed by atoms with Gasteiger partial charge >= 0.3 is 0 Å². The van der Waals surface area contributed by atoms with Crippen LogP contribution in [0.5, 0.6) is 17.5 Å². The van der Waals surface area contributed by atoms with Gasteiger partial charge in [-0.15, -0.1) is 4.91 Å². The normalized spacial score (nSPS) is 11.5. The maximum atomic E-state index is 11.3. The molecule has 0 fully saturated rings. The molecule has 134 valence electrons. The van der Waals surface area contributed by atoms with Gasteiger partial charge in [0.1, 0.15) is 11.4 Å². The van der Waals surface area contributed by atoms with Crippen molar-refractivity contribution in [3.63, 3.8) is 0 Å². The lowest BCUT2D eigenvalue weighted by Crippen LogP contribution is -2.19. The summed E-state index contributed by atoms with van der Waals surface area (Å²) in [5.74, 6) is 0.443. The van der Waals surface area contributed by atoms with Crippen molar-refractivity contribution in [3.05, 3.63) is 59.1 Å². The number of aromatic hydroxyl groups is 2. The maximum absolute atomic E-state index is 11.3. The van der Waals surface area contributed by atoms with Crippen molar-refractivity contribution in [1.29, 1.82) is 0 Å². The zero-order chi connectivity index (χ0) is 18.7. The molecule has 0 spiro atoms. The first kappa shape index (κ1) is 17.3. The number of hydrogen-bond acceptors (Lipinski definition) is 6. The summed E-state index contributed by atoms with van der Waals surface area (Å²) < 4.78 is 6.28. The number of anilines is 1. The SMILES string of the molecule is COc1ccc(N(C)CC(=Cn2c(O)c3ccccc3c2O)N=O)cc1. The smallest absolute Gasteiger partial charge is 0.206 e. The molecule has 0 saturated heterocycles. The molecule has 3 rings (SSSR count). The van der Waals surface area contributed by atoms with E-state index in [0.717, 1.165) is 16.0 Å². The number of nitrogens with zero attached hydrogens (tertiary/aromatic N) is 3. The summed E-state index contributed by atoms with van der Waals surface area (Å²) in [6.07, 6.45) is 1.33. The summed E-state index contributed by atoms with van der Waals surface area (Å²) in [6, 6.07) is 14.2. The average molecular weight is 353 g/mol. The second kappa shape index (κ2) is 7.18. The van der Waals surface area contributed by atoms with E-state index in [4.69, 9.17) is 4.74 Å². The molecule has 7 heteroatoms. The molecular formula is C19H19N3O4. The molecule has 0 aliphatic rings. The first-order valence-electron chi connectivity index (χ1n) is 7.95. The van der Waals surface area contributed by atoms with Gasteiger partial charge in [-0.1, -0.05) is 12.1 Å². The molecule has 0 aliphatic carbocycles. The van der Waals surface area contributed by atoms with Crippen LogP contribution < -0.4 is 9.64 Å². The van der Waals surface area contributed by atoms with Crippen LogP contribution in [-0.4, -0.2) is 35.5 Å². The Hall–Kier alpha value is -3.48. The van der Waals surface area contributed by atoms with E-state index in [-0.39, 0.29) is 24.0 Å². The quantitative estimate of drug-likeness (QED) is 0.659. The Kier molecular flexibility index (Phi) is 4.79. The van der Waals surface area contributed by atoms with E-state index in [1.54, 1.807) is 31.4 Å². The molecule has 0 saturated carbocycles. The Morgan fingerprint density at radius 1 is 1.12 bits per heavy atom. The molecule has 2 N–H and O–H groups in total. The van der Waals surface area contributed by atoms with Gasteiger partial charge in [-0.2, -0.15) is 0 Å². The number of likely N-dealkylation sites (N-methyl/N-ethyl adjacent to an activating group) is 1. The van der Waals surface area contributed by atoms with Crippen LogP contribution in [0, 0.1) is 4.91 Å². The lowest BCUT2D eigenvalue weighted by molar-refractivity contribution is 0.411. The van der Waals surface area contributed by atoms with Gasteiger partial charge < -0.3 is 19.8 Å². The molecule has 0 radical (unpaired) electrons. The van der Waals surface area contributed by atoms with Crippen molar-refractivity contribution in [1.82, 2.24) is 4.57 Å². The van der Waals surface area contributed by atoms with Crippen molar-refractivity contribution in [2.24, 2.45) is 5.18 Å². The third-order valence-corrected chi connectivity index (χ3v) is 4.17. The van der Waals surface area contributed by atoms with Gasteiger partial charge in [0.05, 0.1) is 13.7 Å². The molecule has 0 amide bonds. The zero-order valence-electron chi connectivity index (χ0n) is 14.5. The average Bonchev–Trinajstić information content (AvgIpc) is 2.92. The molecule has 26 heavy (non-hydrogen) atoms. The van der Waals surface area contributed by atoms with Crippen LogP contribution in [0.2, 0.25) is 0 Å². The fourth-order valence-corrected chi connectivity index (χ4v) is 2.77. The Morgan fingerprint density at radius 3 is 2.19 bits per heavy atom. The summed E-state index contributed by atoms with van der Waals surface area (Å²) in [4.78, 5) is 13.1. The molecule has 7 nitrogen and oxygen atoms in total. The summed E-state index contributed by atoms with van der Waals surface area (Å²) in [5, 5.41) is 24.6. The molecule has 0 bridgehead atoms. The Bertz CT molecular complexity index is 922. The highest BCUT2D eigenvalue weighted by molar-refractivity contribution is 5.94. The molecular weight excluding hydrogens is 334 g/mol. The van der Waals surface area contributed by atoms with Gasteiger partial charge in [-0.25, -0.2) is 0 Å². The van der Waals surface area contributed by atoms with Crippen molar-refractivity contribution >= 4 is 22.7 Å². The Morgan fingerprint density at radius 2 is 1.69 bits per heavy atom.